The minimum atomic E-state index is 0.790. The lowest BCUT2D eigenvalue weighted by Gasteiger charge is -2.30. The quantitative estimate of drug-likeness (QED) is 0.152. The van der Waals surface area contributed by atoms with Crippen molar-refractivity contribution in [3.05, 3.63) is 0 Å². The maximum atomic E-state index is 2.51. The zero-order valence-electron chi connectivity index (χ0n) is 21.5. The van der Waals surface area contributed by atoms with Crippen LogP contribution in [0.25, 0.3) is 0 Å². The van der Waals surface area contributed by atoms with Crippen molar-refractivity contribution in [3.63, 3.8) is 0 Å². The van der Waals surface area contributed by atoms with E-state index in [0.717, 1.165) is 12.0 Å². The van der Waals surface area contributed by atoms with E-state index >= 15 is 0 Å². The van der Waals surface area contributed by atoms with E-state index in [0.29, 0.717) is 0 Å². The molecule has 0 radical (unpaired) electrons. The van der Waals surface area contributed by atoms with Gasteiger partial charge >= 0.3 is 0 Å². The first-order valence-corrected chi connectivity index (χ1v) is 13.8. The van der Waals surface area contributed by atoms with Gasteiger partial charge in [-0.1, -0.05) is 143 Å². The van der Waals surface area contributed by atoms with Crippen LogP contribution in [0, 0.1) is 5.92 Å². The molecule has 176 valence electrons. The van der Waals surface area contributed by atoms with Crippen molar-refractivity contribution >= 4 is 0 Å². The summed E-state index contributed by atoms with van der Waals surface area (Å²) in [5.74, 6) is 0.855. The highest BCUT2D eigenvalue weighted by Gasteiger charge is 2.18. The molecule has 0 aromatic heterocycles. The van der Waals surface area contributed by atoms with Gasteiger partial charge in [-0.15, -0.1) is 0 Å². The summed E-state index contributed by atoms with van der Waals surface area (Å²) in [5.41, 5.74) is 0. The monoisotopic (exact) mass is 409 g/mol. The second kappa shape index (κ2) is 22.6. The molecule has 0 saturated heterocycles. The average Bonchev–Trinajstić information content (AvgIpc) is 2.70. The SMILES string of the molecule is CCCCCCCCCCCCC(C(C)CCCCCCCCCCC)N(C)C. The fraction of sp³-hybridized carbons (Fsp3) is 1.00. The van der Waals surface area contributed by atoms with Gasteiger partial charge in [-0.2, -0.15) is 0 Å². The molecule has 0 fully saturated rings. The van der Waals surface area contributed by atoms with Gasteiger partial charge in [0.05, 0.1) is 0 Å². The van der Waals surface area contributed by atoms with Crippen LogP contribution >= 0.6 is 0 Å². The molecule has 0 aliphatic carbocycles. The van der Waals surface area contributed by atoms with Crippen LogP contribution in [0.5, 0.6) is 0 Å². The van der Waals surface area contributed by atoms with Crippen LogP contribution in [0.2, 0.25) is 0 Å². The van der Waals surface area contributed by atoms with Crippen molar-refractivity contribution in [2.24, 2.45) is 5.92 Å². The summed E-state index contributed by atoms with van der Waals surface area (Å²) in [4.78, 5) is 2.51. The molecule has 2 unspecified atom stereocenters. The molecule has 2 atom stereocenters. The number of unbranched alkanes of at least 4 members (excludes halogenated alkanes) is 17. The molecule has 1 nitrogen and oxygen atoms in total. The Bertz CT molecular complexity index is 299. The largest absolute Gasteiger partial charge is 0.306 e. The number of hydrogen-bond donors (Lipinski definition) is 0. The Balaban J connectivity index is 3.63. The molecule has 0 saturated carbocycles. The summed E-state index contributed by atoms with van der Waals surface area (Å²) in [6.07, 6.45) is 30.3. The van der Waals surface area contributed by atoms with Gasteiger partial charge in [0.2, 0.25) is 0 Å². The van der Waals surface area contributed by atoms with Crippen LogP contribution in [0.3, 0.4) is 0 Å². The van der Waals surface area contributed by atoms with Crippen LogP contribution in [-0.2, 0) is 0 Å². The van der Waals surface area contributed by atoms with E-state index in [1.165, 1.54) is 135 Å². The molecule has 0 spiro atoms. The molecule has 0 aliphatic rings. The molecular formula is C28H59N. The molecule has 0 N–H and O–H groups in total. The fourth-order valence-electron chi connectivity index (χ4n) is 4.86. The number of hydrogen-bond acceptors (Lipinski definition) is 1. The first-order valence-electron chi connectivity index (χ1n) is 13.8. The van der Waals surface area contributed by atoms with E-state index in [2.05, 4.69) is 39.8 Å². The van der Waals surface area contributed by atoms with E-state index in [1.807, 2.05) is 0 Å². The summed E-state index contributed by atoms with van der Waals surface area (Å²) in [7, 11) is 4.60. The Labute approximate surface area is 186 Å². The van der Waals surface area contributed by atoms with Gasteiger partial charge in [-0.25, -0.2) is 0 Å². The smallest absolute Gasteiger partial charge is 0.0115 e. The van der Waals surface area contributed by atoms with Crippen molar-refractivity contribution < 1.29 is 0 Å². The number of nitrogens with zero attached hydrogens (tertiary/aromatic N) is 1. The van der Waals surface area contributed by atoms with Crippen molar-refractivity contribution in [2.75, 3.05) is 14.1 Å². The predicted octanol–water partition coefficient (Wildman–Crippen LogP) is 9.78. The van der Waals surface area contributed by atoms with Gasteiger partial charge in [0.25, 0.3) is 0 Å². The highest BCUT2D eigenvalue weighted by atomic mass is 15.1. The van der Waals surface area contributed by atoms with Gasteiger partial charge in [0.15, 0.2) is 0 Å². The molecule has 0 aromatic rings. The normalized spacial score (nSPS) is 13.9. The van der Waals surface area contributed by atoms with Gasteiger partial charge in [0, 0.05) is 6.04 Å². The molecule has 0 bridgehead atoms. The van der Waals surface area contributed by atoms with E-state index in [-0.39, 0.29) is 0 Å². The fourth-order valence-corrected chi connectivity index (χ4v) is 4.86. The molecule has 0 rings (SSSR count). The van der Waals surface area contributed by atoms with Crippen molar-refractivity contribution in [1.29, 1.82) is 0 Å². The minimum Gasteiger partial charge on any atom is -0.306 e. The topological polar surface area (TPSA) is 3.24 Å². The standard InChI is InChI=1S/C28H59N/c1-6-8-10-12-14-16-18-20-22-24-26-28(29(4)5)27(3)25-23-21-19-17-15-13-11-9-7-2/h27-28H,6-26H2,1-5H3. The molecule has 0 aliphatic heterocycles. The molecular weight excluding hydrogens is 350 g/mol. The second-order valence-corrected chi connectivity index (χ2v) is 10.1. The lowest BCUT2D eigenvalue weighted by atomic mass is 9.90. The van der Waals surface area contributed by atoms with Crippen molar-refractivity contribution in [1.82, 2.24) is 4.90 Å². The highest BCUT2D eigenvalue weighted by molar-refractivity contribution is 4.73. The van der Waals surface area contributed by atoms with Gasteiger partial charge < -0.3 is 4.90 Å². The van der Waals surface area contributed by atoms with E-state index in [4.69, 9.17) is 0 Å². The predicted molar refractivity (Wildman–Crippen MR) is 135 cm³/mol. The van der Waals surface area contributed by atoms with Crippen LogP contribution in [-0.4, -0.2) is 25.0 Å². The second-order valence-electron chi connectivity index (χ2n) is 10.1. The Morgan fingerprint density at radius 1 is 0.448 bits per heavy atom. The number of rotatable bonds is 23. The Morgan fingerprint density at radius 2 is 0.759 bits per heavy atom. The van der Waals surface area contributed by atoms with E-state index in [9.17, 15) is 0 Å². The maximum absolute atomic E-state index is 2.51. The molecule has 0 heterocycles. The van der Waals surface area contributed by atoms with Crippen LogP contribution in [0.15, 0.2) is 0 Å². The van der Waals surface area contributed by atoms with Gasteiger partial charge in [0.1, 0.15) is 0 Å². The van der Waals surface area contributed by atoms with E-state index < -0.39 is 0 Å². The van der Waals surface area contributed by atoms with Crippen molar-refractivity contribution in [2.45, 2.75) is 162 Å². The molecule has 0 amide bonds. The molecule has 1 heteroatoms. The lowest BCUT2D eigenvalue weighted by molar-refractivity contribution is 0.192. The summed E-state index contributed by atoms with van der Waals surface area (Å²) >= 11 is 0. The Morgan fingerprint density at radius 3 is 1.10 bits per heavy atom. The van der Waals surface area contributed by atoms with E-state index in [1.54, 1.807) is 0 Å². The summed E-state index contributed by atoms with van der Waals surface area (Å²) in [6, 6.07) is 0.790. The highest BCUT2D eigenvalue weighted by Crippen LogP contribution is 2.22. The third-order valence-electron chi connectivity index (χ3n) is 6.94. The zero-order valence-corrected chi connectivity index (χ0v) is 21.5. The average molecular weight is 410 g/mol. The van der Waals surface area contributed by atoms with Crippen LogP contribution in [0.4, 0.5) is 0 Å². The van der Waals surface area contributed by atoms with Gasteiger partial charge in [-0.05, 0) is 32.9 Å². The lowest BCUT2D eigenvalue weighted by Crippen LogP contribution is -2.34. The maximum Gasteiger partial charge on any atom is 0.0115 e. The third-order valence-corrected chi connectivity index (χ3v) is 6.94. The third kappa shape index (κ3) is 19.7. The van der Waals surface area contributed by atoms with Crippen LogP contribution in [0.1, 0.15) is 156 Å². The first kappa shape index (κ1) is 29.0. The zero-order chi connectivity index (χ0) is 21.6. The Kier molecular flexibility index (Phi) is 22.6. The minimum absolute atomic E-state index is 0.790. The molecule has 0 aromatic carbocycles. The summed E-state index contributed by atoms with van der Waals surface area (Å²) < 4.78 is 0. The van der Waals surface area contributed by atoms with Gasteiger partial charge in [-0.3, -0.25) is 0 Å². The van der Waals surface area contributed by atoms with Crippen molar-refractivity contribution in [3.8, 4) is 0 Å². The first-order chi connectivity index (χ1) is 14.1. The van der Waals surface area contributed by atoms with Crippen LogP contribution < -0.4 is 0 Å². The Hall–Kier alpha value is -0.0400. The summed E-state index contributed by atoms with van der Waals surface area (Å²) in [6.45, 7) is 7.11. The summed E-state index contributed by atoms with van der Waals surface area (Å²) in [5, 5.41) is 0. The molecule has 29 heavy (non-hydrogen) atoms.